The lowest BCUT2D eigenvalue weighted by atomic mass is 10.1. The molecule has 2 aromatic rings. The summed E-state index contributed by atoms with van der Waals surface area (Å²) < 4.78 is 6.10. The van der Waals surface area contributed by atoms with E-state index >= 15 is 0 Å². The van der Waals surface area contributed by atoms with Crippen molar-refractivity contribution >= 4 is 28.7 Å². The first-order chi connectivity index (χ1) is 12.7. The Bertz CT molecular complexity index is 741. The topological polar surface area (TPSA) is 35.9 Å². The Morgan fingerprint density at radius 3 is 2.46 bits per heavy atom. The van der Waals surface area contributed by atoms with Crippen molar-refractivity contribution in [1.29, 1.82) is 0 Å². The van der Waals surface area contributed by atoms with Gasteiger partial charge < -0.3 is 9.84 Å². The van der Waals surface area contributed by atoms with Crippen LogP contribution >= 0.6 is 22.6 Å². The summed E-state index contributed by atoms with van der Waals surface area (Å²) in [7, 11) is 1.59. The fraction of sp³-hybridized carbons (Fsp3) is 0.333. The molecule has 0 aliphatic carbocycles. The van der Waals surface area contributed by atoms with Gasteiger partial charge in [-0.15, -0.1) is 0 Å². The number of ether oxygens (including phenoxy) is 1. The predicted octanol–water partition coefficient (Wildman–Crippen LogP) is 3.84. The lowest BCUT2D eigenvalue weighted by Crippen LogP contribution is -2.45. The number of halogens is 1. The smallest absolute Gasteiger partial charge is 0.171 e. The van der Waals surface area contributed by atoms with Crippen molar-refractivity contribution in [3.8, 4) is 11.5 Å². The summed E-state index contributed by atoms with van der Waals surface area (Å²) in [5.41, 5.74) is 2.43. The van der Waals surface area contributed by atoms with Crippen molar-refractivity contribution in [3.05, 3.63) is 63.2 Å². The molecule has 0 amide bonds. The summed E-state index contributed by atoms with van der Waals surface area (Å²) in [6.45, 7) is 6.14. The van der Waals surface area contributed by atoms with Crippen LogP contribution in [0.4, 0.5) is 0 Å². The van der Waals surface area contributed by atoms with E-state index in [2.05, 4.69) is 68.8 Å². The molecule has 138 valence electrons. The molecule has 1 N–H and O–H groups in total. The minimum atomic E-state index is 0.229. The predicted molar refractivity (Wildman–Crippen MR) is 115 cm³/mol. The molecule has 1 aliphatic heterocycles. The number of aromatic hydroxyl groups is 1. The largest absolute Gasteiger partial charge is 0.504 e. The van der Waals surface area contributed by atoms with Crippen LogP contribution in [0.3, 0.4) is 0 Å². The number of methoxy groups -OCH3 is 1. The van der Waals surface area contributed by atoms with Crippen molar-refractivity contribution in [2.45, 2.75) is 6.54 Å². The molecule has 0 radical (unpaired) electrons. The molecule has 1 saturated heterocycles. The highest BCUT2D eigenvalue weighted by molar-refractivity contribution is 14.1. The van der Waals surface area contributed by atoms with Gasteiger partial charge in [-0.25, -0.2) is 0 Å². The van der Waals surface area contributed by atoms with Gasteiger partial charge in [-0.2, -0.15) is 0 Å². The third-order valence-corrected chi connectivity index (χ3v) is 5.48. The molecule has 1 aliphatic rings. The van der Waals surface area contributed by atoms with Crippen molar-refractivity contribution in [2.75, 3.05) is 39.8 Å². The highest BCUT2D eigenvalue weighted by Crippen LogP contribution is 2.32. The molecule has 26 heavy (non-hydrogen) atoms. The second-order valence-electron chi connectivity index (χ2n) is 6.52. The average molecular weight is 464 g/mol. The molecule has 1 fully saturated rings. The van der Waals surface area contributed by atoms with Gasteiger partial charge in [0.2, 0.25) is 0 Å². The van der Waals surface area contributed by atoms with E-state index in [1.54, 1.807) is 7.11 Å². The maximum absolute atomic E-state index is 9.97. The van der Waals surface area contributed by atoms with Crippen LogP contribution in [-0.2, 0) is 6.54 Å². The normalized spacial score (nSPS) is 16.2. The van der Waals surface area contributed by atoms with Crippen LogP contribution < -0.4 is 4.74 Å². The minimum Gasteiger partial charge on any atom is -0.504 e. The number of nitrogens with zero attached hydrogens (tertiary/aromatic N) is 2. The van der Waals surface area contributed by atoms with Gasteiger partial charge in [0, 0.05) is 39.3 Å². The number of piperazine rings is 1. The standard InChI is InChI=1S/C21H25IN2O2/c1-26-20-15-18(14-19(22)21(20)25)16-24-12-10-23(11-13-24)9-5-8-17-6-3-2-4-7-17/h2-8,14-15,25H,9-13,16H2,1H3. The van der Waals surface area contributed by atoms with Gasteiger partial charge in [0.1, 0.15) is 0 Å². The zero-order chi connectivity index (χ0) is 18.4. The molecule has 3 rings (SSSR count). The second-order valence-corrected chi connectivity index (χ2v) is 7.68. The first kappa shape index (κ1) is 19.2. The van der Waals surface area contributed by atoms with E-state index in [1.807, 2.05) is 18.2 Å². The number of benzene rings is 2. The minimum absolute atomic E-state index is 0.229. The van der Waals surface area contributed by atoms with Gasteiger partial charge in [0.15, 0.2) is 11.5 Å². The molecule has 0 saturated carbocycles. The van der Waals surface area contributed by atoms with E-state index in [9.17, 15) is 5.11 Å². The summed E-state index contributed by atoms with van der Waals surface area (Å²) in [6, 6.07) is 14.4. The van der Waals surface area contributed by atoms with Crippen LogP contribution in [0.5, 0.6) is 11.5 Å². The van der Waals surface area contributed by atoms with Crippen molar-refractivity contribution in [3.63, 3.8) is 0 Å². The highest BCUT2D eigenvalue weighted by atomic mass is 127. The van der Waals surface area contributed by atoms with Gasteiger partial charge in [-0.3, -0.25) is 9.80 Å². The van der Waals surface area contributed by atoms with Crippen LogP contribution in [0.2, 0.25) is 0 Å². The van der Waals surface area contributed by atoms with Crippen LogP contribution in [0.15, 0.2) is 48.5 Å². The summed E-state index contributed by atoms with van der Waals surface area (Å²) in [4.78, 5) is 4.94. The summed E-state index contributed by atoms with van der Waals surface area (Å²) in [5.74, 6) is 0.781. The Balaban J connectivity index is 1.48. The van der Waals surface area contributed by atoms with E-state index in [1.165, 1.54) is 11.1 Å². The summed E-state index contributed by atoms with van der Waals surface area (Å²) >= 11 is 2.15. The molecule has 5 heteroatoms. The van der Waals surface area contributed by atoms with Gasteiger partial charge >= 0.3 is 0 Å². The SMILES string of the molecule is COc1cc(CN2CCN(CC=Cc3ccccc3)CC2)cc(I)c1O. The molecule has 0 spiro atoms. The van der Waals surface area contributed by atoms with Gasteiger partial charge in [0.25, 0.3) is 0 Å². The molecule has 0 unspecified atom stereocenters. The van der Waals surface area contributed by atoms with Crippen molar-refractivity contribution in [1.82, 2.24) is 9.80 Å². The molecule has 0 bridgehead atoms. The molecule has 2 aromatic carbocycles. The Hall–Kier alpha value is -1.57. The van der Waals surface area contributed by atoms with Crippen LogP contribution in [0.25, 0.3) is 6.08 Å². The summed E-state index contributed by atoms with van der Waals surface area (Å²) in [5, 5.41) is 9.97. The molecule has 4 nitrogen and oxygen atoms in total. The Kier molecular flexibility index (Phi) is 6.93. The number of phenols is 1. The Labute approximate surface area is 169 Å². The zero-order valence-electron chi connectivity index (χ0n) is 15.1. The van der Waals surface area contributed by atoms with Crippen LogP contribution in [0.1, 0.15) is 11.1 Å². The van der Waals surface area contributed by atoms with Crippen LogP contribution in [0, 0.1) is 3.57 Å². The van der Waals surface area contributed by atoms with E-state index in [0.29, 0.717) is 5.75 Å². The van der Waals surface area contributed by atoms with Gasteiger partial charge in [0.05, 0.1) is 10.7 Å². The number of hydrogen-bond donors (Lipinski definition) is 1. The van der Waals surface area contributed by atoms with Gasteiger partial charge in [-0.1, -0.05) is 42.5 Å². The monoisotopic (exact) mass is 464 g/mol. The summed E-state index contributed by atoms with van der Waals surface area (Å²) in [6.07, 6.45) is 4.44. The number of hydrogen-bond acceptors (Lipinski definition) is 4. The van der Waals surface area contributed by atoms with E-state index in [-0.39, 0.29) is 5.75 Å². The molecule has 1 heterocycles. The Morgan fingerprint density at radius 1 is 1.08 bits per heavy atom. The van der Waals surface area contributed by atoms with Crippen LogP contribution in [-0.4, -0.2) is 54.7 Å². The first-order valence-electron chi connectivity index (χ1n) is 8.87. The second kappa shape index (κ2) is 9.39. The zero-order valence-corrected chi connectivity index (χ0v) is 17.2. The molecule has 0 aromatic heterocycles. The molecular formula is C21H25IN2O2. The molecule has 0 atom stereocenters. The lowest BCUT2D eigenvalue weighted by molar-refractivity contribution is 0.137. The van der Waals surface area contributed by atoms with Crippen molar-refractivity contribution < 1.29 is 9.84 Å². The third kappa shape index (κ3) is 5.22. The number of phenolic OH excluding ortho intramolecular Hbond substituents is 1. The van der Waals surface area contributed by atoms with Crippen molar-refractivity contribution in [2.24, 2.45) is 0 Å². The first-order valence-corrected chi connectivity index (χ1v) is 9.95. The number of rotatable bonds is 6. The maximum atomic E-state index is 9.97. The van der Waals surface area contributed by atoms with E-state index < -0.39 is 0 Å². The third-order valence-electron chi connectivity index (χ3n) is 4.65. The highest BCUT2D eigenvalue weighted by Gasteiger charge is 2.17. The quantitative estimate of drug-likeness (QED) is 0.660. The van der Waals surface area contributed by atoms with E-state index in [4.69, 9.17) is 4.74 Å². The molecular weight excluding hydrogens is 439 g/mol. The fourth-order valence-electron chi connectivity index (χ4n) is 3.16. The lowest BCUT2D eigenvalue weighted by Gasteiger charge is -2.34. The van der Waals surface area contributed by atoms with E-state index in [0.717, 1.165) is 42.8 Å². The maximum Gasteiger partial charge on any atom is 0.171 e. The fourth-order valence-corrected chi connectivity index (χ4v) is 3.83. The average Bonchev–Trinajstić information content (AvgIpc) is 2.67. The Morgan fingerprint density at radius 2 is 1.77 bits per heavy atom. The van der Waals surface area contributed by atoms with Gasteiger partial charge in [-0.05, 0) is 45.9 Å².